The first-order valence-corrected chi connectivity index (χ1v) is 26.0. The van der Waals surface area contributed by atoms with Gasteiger partial charge in [-0.05, 0) is 108 Å². The van der Waals surface area contributed by atoms with Crippen molar-refractivity contribution in [1.29, 1.82) is 0 Å². The third-order valence-corrected chi connectivity index (χ3v) is 13.9. The van der Waals surface area contributed by atoms with E-state index in [1.54, 1.807) is 48.8 Å². The fourth-order valence-corrected chi connectivity index (χ4v) is 9.61. The summed E-state index contributed by atoms with van der Waals surface area (Å²) in [5.41, 5.74) is 11.9. The van der Waals surface area contributed by atoms with Crippen molar-refractivity contribution in [3.63, 3.8) is 0 Å². The minimum absolute atomic E-state index is 0.0585. The SMILES string of the molecule is C[C@@H](c1ccc2ncccc2c1)c1nnc2ccc(-c3ccccc3)nn12.F[C@@H](c1ccc2ncccc2c1)c1nnc2ccc(-c3ccccc3)nn12.F[C@H](c1ccc2ncccc2c1)c1nnc2ccc(-c3ccccc3)nn12. The Balaban J connectivity index is 0.000000114. The van der Waals surface area contributed by atoms with Crippen LogP contribution in [-0.4, -0.2) is 74.4 Å². The van der Waals surface area contributed by atoms with Crippen LogP contribution in [0.5, 0.6) is 0 Å². The number of fused-ring (bicyclic) bond motifs is 6. The van der Waals surface area contributed by atoms with Gasteiger partial charge in [0.05, 0.1) is 33.6 Å². The van der Waals surface area contributed by atoms with Gasteiger partial charge in [0.2, 0.25) is 0 Å². The largest absolute Gasteiger partial charge is 0.256 e. The maximum absolute atomic E-state index is 15.3. The van der Waals surface area contributed by atoms with Crippen LogP contribution in [0.15, 0.2) is 237 Å². The molecule has 0 N–H and O–H groups in total. The molecule has 6 aromatic carbocycles. The first-order valence-electron chi connectivity index (χ1n) is 26.0. The van der Waals surface area contributed by atoms with Crippen molar-refractivity contribution in [1.82, 2.24) is 74.4 Å². The molecular formula is C64H45F2N15. The van der Waals surface area contributed by atoms with Gasteiger partial charge in [0.1, 0.15) is 0 Å². The van der Waals surface area contributed by atoms with Crippen molar-refractivity contribution in [3.05, 3.63) is 271 Å². The van der Waals surface area contributed by atoms with Gasteiger partial charge in [-0.15, -0.1) is 30.6 Å². The fraction of sp³-hybridized carbons (Fsp3) is 0.0625. The molecule has 81 heavy (non-hydrogen) atoms. The average molecular weight is 1060 g/mol. The second-order valence-electron chi connectivity index (χ2n) is 19.1. The Morgan fingerprint density at radius 2 is 0.654 bits per heavy atom. The standard InChI is InChI=1S/C22H17N5.2C21H14FN5/c1-15(17-9-10-19-18(14-17)8-5-13-23-19)22-25-24-21-12-11-20(26-27(21)22)16-6-3-2-4-7-16;2*22-20(16-8-9-17-15(13-16)7-4-12-23-17)21-25-24-19-11-10-18(26-27(19)21)14-5-2-1-3-6-14/h2-15H,1H3;2*1-13,20H/t15-;2*20-/m010/s1. The van der Waals surface area contributed by atoms with Crippen molar-refractivity contribution < 1.29 is 8.78 Å². The molecule has 0 aliphatic carbocycles. The van der Waals surface area contributed by atoms with Gasteiger partial charge in [0, 0.05) is 57.4 Å². The topological polar surface area (TPSA) is 168 Å². The molecule has 390 valence electrons. The Kier molecular flexibility index (Phi) is 13.4. The highest BCUT2D eigenvalue weighted by Crippen LogP contribution is 2.31. The van der Waals surface area contributed by atoms with Crippen LogP contribution in [0, 0.1) is 0 Å². The Labute approximate surface area is 461 Å². The summed E-state index contributed by atoms with van der Waals surface area (Å²) >= 11 is 0. The molecule has 0 unspecified atom stereocenters. The maximum Gasteiger partial charge on any atom is 0.193 e. The molecule has 0 bridgehead atoms. The van der Waals surface area contributed by atoms with E-state index in [-0.39, 0.29) is 17.6 Å². The molecule has 15 aromatic rings. The molecule has 0 amide bonds. The van der Waals surface area contributed by atoms with Gasteiger partial charge in [0.15, 0.2) is 46.8 Å². The van der Waals surface area contributed by atoms with Gasteiger partial charge in [0.25, 0.3) is 0 Å². The van der Waals surface area contributed by atoms with E-state index in [0.29, 0.717) is 22.4 Å². The Morgan fingerprint density at radius 3 is 1.04 bits per heavy atom. The summed E-state index contributed by atoms with van der Waals surface area (Å²) < 4.78 is 35.4. The summed E-state index contributed by atoms with van der Waals surface area (Å²) in [5, 5.41) is 41.7. The Bertz CT molecular complexity index is 4220. The number of halogens is 2. The first-order chi connectivity index (χ1) is 39.9. The van der Waals surface area contributed by atoms with E-state index < -0.39 is 12.3 Å². The van der Waals surface area contributed by atoms with E-state index in [1.807, 2.05) is 162 Å². The highest BCUT2D eigenvalue weighted by atomic mass is 19.1. The molecule has 0 saturated carbocycles. The quantitative estimate of drug-likeness (QED) is 0.134. The lowest BCUT2D eigenvalue weighted by Gasteiger charge is -2.11. The summed E-state index contributed by atoms with van der Waals surface area (Å²) in [6, 6.07) is 69.3. The van der Waals surface area contributed by atoms with Crippen molar-refractivity contribution in [3.8, 4) is 33.8 Å². The zero-order valence-electron chi connectivity index (χ0n) is 43.2. The van der Waals surface area contributed by atoms with E-state index >= 15 is 8.78 Å². The second-order valence-corrected chi connectivity index (χ2v) is 19.1. The monoisotopic (exact) mass is 1060 g/mol. The summed E-state index contributed by atoms with van der Waals surface area (Å²) in [4.78, 5) is 12.9. The summed E-state index contributed by atoms with van der Waals surface area (Å²) in [7, 11) is 0. The van der Waals surface area contributed by atoms with Gasteiger partial charge in [-0.1, -0.05) is 134 Å². The minimum atomic E-state index is -1.44. The van der Waals surface area contributed by atoms with Crippen LogP contribution in [0.2, 0.25) is 0 Å². The number of pyridine rings is 3. The summed E-state index contributed by atoms with van der Waals surface area (Å²) in [6.07, 6.45) is 2.37. The zero-order chi connectivity index (χ0) is 54.7. The van der Waals surface area contributed by atoms with E-state index in [2.05, 4.69) is 93.0 Å². The van der Waals surface area contributed by atoms with Gasteiger partial charge in [-0.3, -0.25) is 15.0 Å². The number of rotatable bonds is 9. The summed E-state index contributed by atoms with van der Waals surface area (Å²) in [6.45, 7) is 2.13. The highest BCUT2D eigenvalue weighted by Gasteiger charge is 2.24. The lowest BCUT2D eigenvalue weighted by Crippen LogP contribution is -2.05. The van der Waals surface area contributed by atoms with Crippen molar-refractivity contribution in [2.75, 3.05) is 0 Å². The lowest BCUT2D eigenvalue weighted by molar-refractivity contribution is 0.377. The van der Waals surface area contributed by atoms with Gasteiger partial charge >= 0.3 is 0 Å². The van der Waals surface area contributed by atoms with Crippen LogP contribution < -0.4 is 0 Å². The second kappa shape index (κ2) is 21.8. The fourth-order valence-electron chi connectivity index (χ4n) is 9.61. The molecule has 0 aliphatic rings. The molecule has 17 heteroatoms. The predicted molar refractivity (Wildman–Crippen MR) is 307 cm³/mol. The summed E-state index contributed by atoms with van der Waals surface area (Å²) in [5.74, 6) is 1.20. The van der Waals surface area contributed by atoms with E-state index in [9.17, 15) is 0 Å². The van der Waals surface area contributed by atoms with Crippen molar-refractivity contribution in [2.24, 2.45) is 0 Å². The number of aromatic nitrogens is 15. The van der Waals surface area contributed by atoms with Crippen LogP contribution >= 0.6 is 0 Å². The van der Waals surface area contributed by atoms with E-state index in [0.717, 1.165) is 83.5 Å². The molecule has 9 heterocycles. The number of alkyl halides is 2. The van der Waals surface area contributed by atoms with Crippen LogP contribution in [0.4, 0.5) is 8.78 Å². The molecule has 9 aromatic heterocycles. The molecule has 15 rings (SSSR count). The first kappa shape index (κ1) is 49.6. The van der Waals surface area contributed by atoms with E-state index in [1.165, 1.54) is 9.03 Å². The normalized spacial score (nSPS) is 12.5. The molecule has 0 spiro atoms. The van der Waals surface area contributed by atoms with E-state index in [4.69, 9.17) is 5.10 Å². The molecule has 0 saturated heterocycles. The van der Waals surface area contributed by atoms with Gasteiger partial charge in [-0.25, -0.2) is 8.78 Å². The Hall–Kier alpha value is -10.9. The molecule has 0 radical (unpaired) electrons. The third kappa shape index (κ3) is 10.1. The molecular weight excluding hydrogens is 1020 g/mol. The molecule has 3 atom stereocenters. The van der Waals surface area contributed by atoms with Crippen LogP contribution in [0.1, 0.15) is 59.3 Å². The van der Waals surface area contributed by atoms with Crippen molar-refractivity contribution in [2.45, 2.75) is 25.2 Å². The number of hydrogen-bond acceptors (Lipinski definition) is 12. The highest BCUT2D eigenvalue weighted by molar-refractivity contribution is 5.81. The number of benzene rings is 6. The smallest absolute Gasteiger partial charge is 0.193 e. The third-order valence-electron chi connectivity index (χ3n) is 13.9. The number of nitrogens with zero attached hydrogens (tertiary/aromatic N) is 15. The zero-order valence-corrected chi connectivity index (χ0v) is 43.2. The average Bonchev–Trinajstić information content (AvgIpc) is 4.35. The van der Waals surface area contributed by atoms with Crippen molar-refractivity contribution >= 4 is 49.7 Å². The molecule has 15 nitrogen and oxygen atoms in total. The number of hydrogen-bond donors (Lipinski definition) is 0. The minimum Gasteiger partial charge on any atom is -0.256 e. The van der Waals surface area contributed by atoms with Crippen LogP contribution in [0.3, 0.4) is 0 Å². The van der Waals surface area contributed by atoms with Gasteiger partial charge in [-0.2, -0.15) is 28.8 Å². The van der Waals surface area contributed by atoms with Crippen LogP contribution in [-0.2, 0) is 0 Å². The molecule has 0 fully saturated rings. The Morgan fingerprint density at radius 1 is 0.321 bits per heavy atom. The van der Waals surface area contributed by atoms with Crippen LogP contribution in [0.25, 0.3) is 83.4 Å². The molecule has 0 aliphatic heterocycles. The van der Waals surface area contributed by atoms with Gasteiger partial charge < -0.3 is 0 Å². The maximum atomic E-state index is 15.3. The predicted octanol–water partition coefficient (Wildman–Crippen LogP) is 13.3. The lowest BCUT2D eigenvalue weighted by atomic mass is 9.98.